The first-order chi connectivity index (χ1) is 12.1. The molecule has 130 valence electrons. The lowest BCUT2D eigenvalue weighted by molar-refractivity contribution is 0.0940. The zero-order valence-electron chi connectivity index (χ0n) is 14.9. The van der Waals surface area contributed by atoms with Crippen LogP contribution in [0.4, 0.5) is 0 Å². The molecule has 1 amide bonds. The number of rotatable bonds is 6. The number of aromatic nitrogens is 4. The molecular weight excluding hydrogens is 314 g/mol. The molecule has 3 aromatic rings. The number of aryl methyl sites for hydroxylation is 2. The maximum absolute atomic E-state index is 12.5. The van der Waals surface area contributed by atoms with E-state index in [4.69, 9.17) is 0 Å². The van der Waals surface area contributed by atoms with Gasteiger partial charge in [0.25, 0.3) is 5.91 Å². The summed E-state index contributed by atoms with van der Waals surface area (Å²) in [5.41, 5.74) is 4.60. The predicted molar refractivity (Wildman–Crippen MR) is 96.7 cm³/mol. The van der Waals surface area contributed by atoms with E-state index in [2.05, 4.69) is 22.4 Å². The van der Waals surface area contributed by atoms with Crippen LogP contribution in [-0.2, 0) is 13.1 Å². The van der Waals surface area contributed by atoms with Gasteiger partial charge in [-0.25, -0.2) is 4.68 Å². The first-order valence-electron chi connectivity index (χ1n) is 8.52. The van der Waals surface area contributed by atoms with Gasteiger partial charge in [-0.1, -0.05) is 25.1 Å². The Morgan fingerprint density at radius 1 is 1.16 bits per heavy atom. The van der Waals surface area contributed by atoms with Crippen molar-refractivity contribution in [2.75, 3.05) is 0 Å². The molecule has 0 spiro atoms. The van der Waals surface area contributed by atoms with E-state index in [-0.39, 0.29) is 5.91 Å². The van der Waals surface area contributed by atoms with Crippen molar-refractivity contribution in [1.29, 1.82) is 0 Å². The molecule has 0 unspecified atom stereocenters. The van der Waals surface area contributed by atoms with Crippen LogP contribution >= 0.6 is 0 Å². The normalized spacial score (nSPS) is 10.8. The number of para-hydroxylation sites is 1. The van der Waals surface area contributed by atoms with Crippen LogP contribution in [0.5, 0.6) is 0 Å². The molecule has 0 bridgehead atoms. The molecule has 0 aliphatic rings. The minimum atomic E-state index is -0.114. The zero-order chi connectivity index (χ0) is 17.8. The number of benzene rings is 1. The lowest BCUT2D eigenvalue weighted by atomic mass is 10.2. The highest BCUT2D eigenvalue weighted by atomic mass is 16.2. The van der Waals surface area contributed by atoms with Gasteiger partial charge in [0.1, 0.15) is 5.69 Å². The summed E-state index contributed by atoms with van der Waals surface area (Å²) < 4.78 is 3.65. The zero-order valence-corrected chi connectivity index (χ0v) is 14.9. The summed E-state index contributed by atoms with van der Waals surface area (Å²) in [5.74, 6) is -0.114. The Hall–Kier alpha value is -2.89. The Morgan fingerprint density at radius 2 is 1.92 bits per heavy atom. The molecule has 0 fully saturated rings. The van der Waals surface area contributed by atoms with Crippen LogP contribution in [0.15, 0.2) is 42.6 Å². The summed E-state index contributed by atoms with van der Waals surface area (Å²) in [7, 11) is 0. The Balaban J connectivity index is 1.77. The molecule has 0 saturated heterocycles. The molecule has 2 heterocycles. The van der Waals surface area contributed by atoms with Crippen molar-refractivity contribution in [3.63, 3.8) is 0 Å². The lowest BCUT2D eigenvalue weighted by Gasteiger charge is -2.08. The summed E-state index contributed by atoms with van der Waals surface area (Å²) >= 11 is 0. The number of carbonyl (C=O) groups excluding carboxylic acids is 1. The first kappa shape index (κ1) is 17.0. The van der Waals surface area contributed by atoms with Crippen molar-refractivity contribution < 1.29 is 4.79 Å². The molecule has 2 aromatic heterocycles. The molecule has 0 aliphatic heterocycles. The van der Waals surface area contributed by atoms with Crippen molar-refractivity contribution in [2.45, 2.75) is 40.3 Å². The third-order valence-corrected chi connectivity index (χ3v) is 4.25. The van der Waals surface area contributed by atoms with E-state index in [1.54, 1.807) is 16.9 Å². The SMILES string of the molecule is CCCn1nccc1C(=O)NCc1c(C)nn(-c2ccccc2)c1C. The van der Waals surface area contributed by atoms with Crippen molar-refractivity contribution in [3.8, 4) is 5.69 Å². The average molecular weight is 337 g/mol. The second-order valence-electron chi connectivity index (χ2n) is 6.02. The van der Waals surface area contributed by atoms with Crippen molar-refractivity contribution in [3.05, 3.63) is 65.2 Å². The molecule has 0 atom stereocenters. The second kappa shape index (κ2) is 7.34. The van der Waals surface area contributed by atoms with E-state index < -0.39 is 0 Å². The minimum Gasteiger partial charge on any atom is -0.346 e. The fraction of sp³-hybridized carbons (Fsp3) is 0.316. The van der Waals surface area contributed by atoms with Crippen molar-refractivity contribution >= 4 is 5.91 Å². The van der Waals surface area contributed by atoms with Crippen LogP contribution < -0.4 is 5.32 Å². The predicted octanol–water partition coefficient (Wildman–Crippen LogP) is 3.03. The highest BCUT2D eigenvalue weighted by Crippen LogP contribution is 2.17. The number of hydrogen-bond acceptors (Lipinski definition) is 3. The number of nitrogens with one attached hydrogen (secondary N) is 1. The molecule has 0 saturated carbocycles. The molecule has 6 heteroatoms. The van der Waals surface area contributed by atoms with Crippen molar-refractivity contribution in [2.24, 2.45) is 0 Å². The maximum Gasteiger partial charge on any atom is 0.269 e. The van der Waals surface area contributed by atoms with Gasteiger partial charge in [0.05, 0.1) is 11.4 Å². The smallest absolute Gasteiger partial charge is 0.269 e. The summed E-state index contributed by atoms with van der Waals surface area (Å²) in [6, 6.07) is 11.7. The van der Waals surface area contributed by atoms with Gasteiger partial charge in [0.15, 0.2) is 0 Å². The maximum atomic E-state index is 12.5. The summed E-state index contributed by atoms with van der Waals surface area (Å²) in [5, 5.41) is 11.8. The molecule has 6 nitrogen and oxygen atoms in total. The first-order valence-corrected chi connectivity index (χ1v) is 8.52. The summed E-state index contributed by atoms with van der Waals surface area (Å²) in [6.07, 6.45) is 2.60. The van der Waals surface area contributed by atoms with Crippen LogP contribution in [0.1, 0.15) is 40.8 Å². The number of amides is 1. The molecule has 0 radical (unpaired) electrons. The van der Waals surface area contributed by atoms with Crippen LogP contribution in [0.3, 0.4) is 0 Å². The van der Waals surface area contributed by atoms with E-state index in [1.165, 1.54) is 0 Å². The largest absolute Gasteiger partial charge is 0.346 e. The van der Waals surface area contributed by atoms with Crippen LogP contribution in [0.2, 0.25) is 0 Å². The molecule has 1 N–H and O–H groups in total. The summed E-state index contributed by atoms with van der Waals surface area (Å²) in [6.45, 7) is 7.24. The molecule has 25 heavy (non-hydrogen) atoms. The Labute approximate surface area is 147 Å². The van der Waals surface area contributed by atoms with E-state index in [9.17, 15) is 4.79 Å². The Morgan fingerprint density at radius 3 is 2.64 bits per heavy atom. The topological polar surface area (TPSA) is 64.7 Å². The molecular formula is C19H23N5O. The lowest BCUT2D eigenvalue weighted by Crippen LogP contribution is -2.26. The van der Waals surface area contributed by atoms with Gasteiger partial charge in [0, 0.05) is 30.5 Å². The van der Waals surface area contributed by atoms with E-state index in [0.717, 1.165) is 35.6 Å². The quantitative estimate of drug-likeness (QED) is 0.752. The van der Waals surface area contributed by atoms with Gasteiger partial charge >= 0.3 is 0 Å². The molecule has 1 aromatic carbocycles. The minimum absolute atomic E-state index is 0.114. The van der Waals surface area contributed by atoms with Gasteiger partial charge in [-0.3, -0.25) is 9.48 Å². The third kappa shape index (κ3) is 3.47. The monoisotopic (exact) mass is 337 g/mol. The number of hydrogen-bond donors (Lipinski definition) is 1. The Bertz CT molecular complexity index is 863. The molecule has 3 rings (SSSR count). The molecule has 0 aliphatic carbocycles. The average Bonchev–Trinajstić information content (AvgIpc) is 3.19. The van der Waals surface area contributed by atoms with Crippen LogP contribution in [0.25, 0.3) is 5.69 Å². The van der Waals surface area contributed by atoms with E-state index >= 15 is 0 Å². The van der Waals surface area contributed by atoms with Crippen LogP contribution in [0, 0.1) is 13.8 Å². The van der Waals surface area contributed by atoms with Gasteiger partial charge in [-0.05, 0) is 38.5 Å². The van der Waals surface area contributed by atoms with Gasteiger partial charge in [-0.15, -0.1) is 0 Å². The third-order valence-electron chi connectivity index (χ3n) is 4.25. The van der Waals surface area contributed by atoms with Gasteiger partial charge in [-0.2, -0.15) is 10.2 Å². The van der Waals surface area contributed by atoms with E-state index in [1.807, 2.05) is 48.9 Å². The fourth-order valence-electron chi connectivity index (χ4n) is 2.93. The highest BCUT2D eigenvalue weighted by Gasteiger charge is 2.16. The standard InChI is InChI=1S/C19H23N5O/c1-4-12-23-18(10-11-21-23)19(25)20-13-17-14(2)22-24(15(17)3)16-8-6-5-7-9-16/h5-11H,4,12-13H2,1-3H3,(H,20,25). The van der Waals surface area contributed by atoms with Gasteiger partial charge < -0.3 is 5.32 Å². The highest BCUT2D eigenvalue weighted by molar-refractivity contribution is 5.92. The van der Waals surface area contributed by atoms with Crippen molar-refractivity contribution in [1.82, 2.24) is 24.9 Å². The van der Waals surface area contributed by atoms with Crippen LogP contribution in [-0.4, -0.2) is 25.5 Å². The number of nitrogens with zero attached hydrogens (tertiary/aromatic N) is 4. The summed E-state index contributed by atoms with van der Waals surface area (Å²) in [4.78, 5) is 12.5. The van der Waals surface area contributed by atoms with Gasteiger partial charge in [0.2, 0.25) is 0 Å². The Kier molecular flexibility index (Phi) is 4.97. The fourth-order valence-corrected chi connectivity index (χ4v) is 2.93. The second-order valence-corrected chi connectivity index (χ2v) is 6.02. The number of carbonyl (C=O) groups is 1. The van der Waals surface area contributed by atoms with E-state index in [0.29, 0.717) is 12.2 Å².